The number of benzene rings is 2. The molecular weight excluding hydrogens is 684 g/mol. The Morgan fingerprint density at radius 3 is 2.65 bits per heavy atom. The molecule has 10 rings (SSSR count). The number of aromatic amines is 1. The van der Waals surface area contributed by atoms with Crippen LogP contribution in [0.15, 0.2) is 48.6 Å². The van der Waals surface area contributed by atoms with E-state index in [2.05, 4.69) is 69.9 Å². The number of fused-ring (bicyclic) bond motifs is 8. The second-order valence-corrected chi connectivity index (χ2v) is 17.5. The van der Waals surface area contributed by atoms with Crippen LogP contribution in [0.1, 0.15) is 61.9 Å². The summed E-state index contributed by atoms with van der Waals surface area (Å²) in [6, 6.07) is 11.8. The van der Waals surface area contributed by atoms with Crippen LogP contribution in [0.25, 0.3) is 10.9 Å². The minimum absolute atomic E-state index is 0.0326. The van der Waals surface area contributed by atoms with Crippen molar-refractivity contribution in [1.29, 1.82) is 0 Å². The third-order valence-electron chi connectivity index (χ3n) is 15.7. The molecule has 1 saturated carbocycles. The van der Waals surface area contributed by atoms with Gasteiger partial charge in [0.15, 0.2) is 0 Å². The van der Waals surface area contributed by atoms with E-state index in [0.717, 1.165) is 91.0 Å². The fraction of sp³-hybridized carbons (Fsp3) is 0.605. The number of methoxy groups -OCH3 is 2. The lowest BCUT2D eigenvalue weighted by atomic mass is 9.48. The quantitative estimate of drug-likeness (QED) is 0.170. The van der Waals surface area contributed by atoms with Gasteiger partial charge in [0.1, 0.15) is 22.4 Å². The van der Waals surface area contributed by atoms with Crippen LogP contribution in [0.5, 0.6) is 5.75 Å². The van der Waals surface area contributed by atoms with Crippen LogP contribution in [0, 0.1) is 11.3 Å². The highest BCUT2D eigenvalue weighted by Gasteiger charge is 2.77. The van der Waals surface area contributed by atoms with E-state index in [4.69, 9.17) is 14.2 Å². The van der Waals surface area contributed by atoms with E-state index in [-0.39, 0.29) is 29.6 Å². The van der Waals surface area contributed by atoms with Crippen LogP contribution >= 0.6 is 0 Å². The molecule has 288 valence electrons. The summed E-state index contributed by atoms with van der Waals surface area (Å²) in [5.74, 6) is 0.256. The Balaban J connectivity index is 1.27. The molecule has 7 heterocycles. The number of H-pyrrole nitrogens is 1. The number of likely N-dealkylation sites (N-methyl/N-ethyl adjacent to an activating group) is 1. The number of ether oxygens (including phenoxy) is 3. The number of rotatable bonds is 6. The molecule has 3 aromatic rings. The normalized spacial score (nSPS) is 41.5. The molecule has 2 aromatic carbocycles. The molecular formula is C43H54N4O7. The Morgan fingerprint density at radius 2 is 1.91 bits per heavy atom. The van der Waals surface area contributed by atoms with Crippen molar-refractivity contribution in [3.63, 3.8) is 0 Å². The number of epoxide rings is 1. The third-order valence-corrected chi connectivity index (χ3v) is 15.7. The highest BCUT2D eigenvalue weighted by molar-refractivity contribution is 5.94. The summed E-state index contributed by atoms with van der Waals surface area (Å²) in [7, 11) is 5.11. The Hall–Kier alpha value is -3.45. The number of aromatic nitrogens is 1. The van der Waals surface area contributed by atoms with Crippen molar-refractivity contribution >= 4 is 22.6 Å². The highest BCUT2D eigenvalue weighted by Crippen LogP contribution is 2.67. The zero-order chi connectivity index (χ0) is 37.6. The fourth-order valence-electron chi connectivity index (χ4n) is 13.5. The van der Waals surface area contributed by atoms with Crippen LogP contribution in [-0.2, 0) is 31.5 Å². The summed E-state index contributed by atoms with van der Waals surface area (Å²) < 4.78 is 19.0. The number of hydrogen-bond acceptors (Lipinski definition) is 10. The number of nitrogens with zero attached hydrogens (tertiary/aromatic N) is 3. The Morgan fingerprint density at radius 1 is 1.09 bits per heavy atom. The summed E-state index contributed by atoms with van der Waals surface area (Å²) in [4.78, 5) is 26.1. The van der Waals surface area contributed by atoms with E-state index in [1.807, 2.05) is 19.2 Å². The molecule has 3 saturated heterocycles. The Bertz CT molecular complexity index is 2080. The first-order valence-electron chi connectivity index (χ1n) is 20.0. The minimum atomic E-state index is -1.83. The van der Waals surface area contributed by atoms with E-state index in [1.54, 1.807) is 7.11 Å². The van der Waals surface area contributed by atoms with Crippen molar-refractivity contribution in [2.75, 3.05) is 65.5 Å². The molecule has 0 amide bonds. The molecule has 4 fully saturated rings. The van der Waals surface area contributed by atoms with Crippen LogP contribution in [0.3, 0.4) is 0 Å². The van der Waals surface area contributed by atoms with Gasteiger partial charge in [-0.3, -0.25) is 14.6 Å². The predicted molar refractivity (Wildman–Crippen MR) is 204 cm³/mol. The van der Waals surface area contributed by atoms with Gasteiger partial charge in [0.2, 0.25) is 0 Å². The first-order valence-corrected chi connectivity index (χ1v) is 20.0. The van der Waals surface area contributed by atoms with Crippen molar-refractivity contribution in [2.45, 2.75) is 92.3 Å². The van der Waals surface area contributed by atoms with Gasteiger partial charge in [-0.05, 0) is 61.9 Å². The zero-order valence-corrected chi connectivity index (χ0v) is 32.1. The number of carbonyl (C=O) groups is 1. The zero-order valence-electron chi connectivity index (χ0n) is 32.1. The lowest BCUT2D eigenvalue weighted by molar-refractivity contribution is -0.213. The fourth-order valence-corrected chi connectivity index (χ4v) is 13.5. The number of hydrogen-bond donors (Lipinski definition) is 4. The first kappa shape index (κ1) is 35.0. The van der Waals surface area contributed by atoms with E-state index >= 15 is 4.79 Å². The van der Waals surface area contributed by atoms with Crippen LogP contribution in [-0.4, -0.2) is 132 Å². The number of carbonyl (C=O) groups excluding carboxylic acids is 1. The van der Waals surface area contributed by atoms with E-state index in [9.17, 15) is 15.3 Å². The predicted octanol–water partition coefficient (Wildman–Crippen LogP) is 3.26. The molecule has 6 aliphatic heterocycles. The van der Waals surface area contributed by atoms with E-state index in [0.29, 0.717) is 18.6 Å². The maximum atomic E-state index is 15.2. The Kier molecular flexibility index (Phi) is 7.49. The molecule has 4 N–H and O–H groups in total. The molecule has 1 aromatic heterocycles. The third kappa shape index (κ3) is 4.01. The smallest absolute Gasteiger partial charge is 0.322 e. The lowest BCUT2D eigenvalue weighted by Gasteiger charge is -2.64. The van der Waals surface area contributed by atoms with E-state index < -0.39 is 40.6 Å². The number of anilines is 1. The summed E-state index contributed by atoms with van der Waals surface area (Å²) in [6.07, 6.45) is 6.49. The maximum Gasteiger partial charge on any atom is 0.322 e. The largest absolute Gasteiger partial charge is 0.496 e. The standard InChI is InChI=1S/C43H54N4O7/c1-6-39-14-10-16-47-18-15-41(35(39)47)28-19-29(32(52-4)20-31(28)45(3)36(41)43(51,24-48)37(39)49)42(38(50)53-5)21-25-22-46(23-40(7-2)34(25)54-40)17-13-27-26-11-8-9-12-30(26)44-33(27)42/h8-12,14,19-20,25,34-37,44,48-49,51H,6-7,13,15-18,21-24H2,1-5H3/t25-,34-,35+,36-,37-,39-,40+,41-,42+,43+/m1/s1. The van der Waals surface area contributed by atoms with Crippen molar-refractivity contribution in [3.05, 3.63) is 70.9 Å². The monoisotopic (exact) mass is 738 g/mol. The molecule has 1 unspecified atom stereocenters. The number of piperidine rings is 1. The van der Waals surface area contributed by atoms with Crippen molar-refractivity contribution in [3.8, 4) is 5.75 Å². The van der Waals surface area contributed by atoms with Gasteiger partial charge in [0, 0.05) is 89.9 Å². The molecule has 1 aliphatic carbocycles. The molecule has 1 spiro atoms. The number of aliphatic hydroxyl groups excluding tert-OH is 2. The molecule has 0 radical (unpaired) electrons. The summed E-state index contributed by atoms with van der Waals surface area (Å²) in [5, 5.41) is 37.2. The maximum absolute atomic E-state index is 15.2. The number of esters is 1. The average molecular weight is 739 g/mol. The lowest BCUT2D eigenvalue weighted by Crippen LogP contribution is -2.79. The van der Waals surface area contributed by atoms with Gasteiger partial charge < -0.3 is 39.4 Å². The van der Waals surface area contributed by atoms with Gasteiger partial charge in [-0.2, -0.15) is 0 Å². The number of aliphatic hydroxyl groups is 3. The van der Waals surface area contributed by atoms with Crippen molar-refractivity contribution in [2.24, 2.45) is 11.3 Å². The van der Waals surface area contributed by atoms with Crippen molar-refractivity contribution < 1.29 is 34.3 Å². The van der Waals surface area contributed by atoms with Crippen LogP contribution < -0.4 is 9.64 Å². The van der Waals surface area contributed by atoms with Gasteiger partial charge in [-0.25, -0.2) is 0 Å². The summed E-state index contributed by atoms with van der Waals surface area (Å²) >= 11 is 0. The minimum Gasteiger partial charge on any atom is -0.496 e. The molecule has 11 nitrogen and oxygen atoms in total. The van der Waals surface area contributed by atoms with Gasteiger partial charge in [0.25, 0.3) is 0 Å². The van der Waals surface area contributed by atoms with Crippen LogP contribution in [0.2, 0.25) is 0 Å². The topological polar surface area (TPSA) is 134 Å². The SMILES string of the molecule is CC[C@]12CN3CCc4c([nH]c5ccccc45)[C@@](C(=O)OC)(c4cc5c(cc4OC)N(C)[C@H]4[C@@](O)(CO)[C@H](O)[C@]6(CC)C=CCN7CC[C@]54[C@@H]76)C[C@H](C3)[C@H]1O2. The van der Waals surface area contributed by atoms with E-state index in [1.165, 1.54) is 7.11 Å². The van der Waals surface area contributed by atoms with Gasteiger partial charge in [-0.1, -0.05) is 44.2 Å². The second-order valence-electron chi connectivity index (χ2n) is 17.5. The summed E-state index contributed by atoms with van der Waals surface area (Å²) in [6.45, 7) is 7.77. The molecule has 11 atom stereocenters. The molecule has 2 bridgehead atoms. The van der Waals surface area contributed by atoms with Crippen LogP contribution in [0.4, 0.5) is 5.69 Å². The highest BCUT2D eigenvalue weighted by atomic mass is 16.6. The average Bonchev–Trinajstić information content (AvgIpc) is 3.49. The molecule has 7 aliphatic rings. The van der Waals surface area contributed by atoms with Gasteiger partial charge in [0.05, 0.1) is 39.1 Å². The second kappa shape index (κ2) is 11.6. The molecule has 11 heteroatoms. The Labute approximate surface area is 316 Å². The van der Waals surface area contributed by atoms with Crippen molar-refractivity contribution in [1.82, 2.24) is 14.8 Å². The number of para-hydroxylation sites is 1. The number of nitrogens with one attached hydrogen (secondary N) is 1. The van der Waals surface area contributed by atoms with Gasteiger partial charge in [-0.15, -0.1) is 0 Å². The first-order chi connectivity index (χ1) is 26.0. The van der Waals surface area contributed by atoms with Gasteiger partial charge >= 0.3 is 5.97 Å². The molecule has 54 heavy (non-hydrogen) atoms. The summed E-state index contributed by atoms with van der Waals surface area (Å²) in [5.41, 5.74) is 0.737.